The number of hydrogen-bond donors (Lipinski definition) is 2. The van der Waals surface area contributed by atoms with E-state index in [1.54, 1.807) is 6.08 Å². The van der Waals surface area contributed by atoms with Gasteiger partial charge in [-0.2, -0.15) is 0 Å². The molecule has 2 aliphatic heterocycles. The highest BCUT2D eigenvalue weighted by Crippen LogP contribution is 2.24. The molecule has 6 atom stereocenters. The van der Waals surface area contributed by atoms with E-state index in [0.717, 1.165) is 0 Å². The van der Waals surface area contributed by atoms with Gasteiger partial charge in [0.2, 0.25) is 0 Å². The van der Waals surface area contributed by atoms with Crippen LogP contribution in [-0.4, -0.2) is 60.4 Å². The van der Waals surface area contributed by atoms with E-state index in [1.807, 2.05) is 12.2 Å². The molecule has 2 saturated heterocycles. The van der Waals surface area contributed by atoms with Crippen LogP contribution in [0.5, 0.6) is 0 Å². The minimum atomic E-state index is -1.09. The molecular formula is C16H26O6. The van der Waals surface area contributed by atoms with Crippen molar-refractivity contribution >= 4 is 0 Å². The van der Waals surface area contributed by atoms with Crippen LogP contribution in [0.2, 0.25) is 0 Å². The fourth-order valence-corrected chi connectivity index (χ4v) is 2.39. The lowest BCUT2D eigenvalue weighted by molar-refractivity contribution is -0.132. The first-order chi connectivity index (χ1) is 10.5. The molecular weight excluding hydrogens is 288 g/mol. The van der Waals surface area contributed by atoms with Crippen LogP contribution in [-0.2, 0) is 18.9 Å². The second kappa shape index (κ2) is 8.19. The fraction of sp³-hybridized carbons (Fsp3) is 0.750. The molecule has 2 N–H and O–H groups in total. The molecule has 0 aromatic rings. The molecule has 2 aliphatic rings. The van der Waals surface area contributed by atoms with Gasteiger partial charge in [-0.25, -0.2) is 0 Å². The van der Waals surface area contributed by atoms with Crippen molar-refractivity contribution in [1.82, 2.24) is 0 Å². The number of ether oxygens (including phenoxy) is 4. The van der Waals surface area contributed by atoms with Crippen LogP contribution in [0.3, 0.4) is 0 Å². The van der Waals surface area contributed by atoms with Crippen molar-refractivity contribution < 1.29 is 29.2 Å². The summed E-state index contributed by atoms with van der Waals surface area (Å²) < 4.78 is 22.0. The number of allylic oxidation sites excluding steroid dienone is 1. The first-order valence-corrected chi connectivity index (χ1v) is 7.70. The van der Waals surface area contributed by atoms with Gasteiger partial charge in [0.05, 0.1) is 13.2 Å². The maximum Gasteiger partial charge on any atom is 0.177 e. The highest BCUT2D eigenvalue weighted by atomic mass is 16.7. The summed E-state index contributed by atoms with van der Waals surface area (Å²) in [5, 5.41) is 20.5. The summed E-state index contributed by atoms with van der Waals surface area (Å²) in [6.45, 7) is 8.19. The molecule has 2 heterocycles. The van der Waals surface area contributed by atoms with Gasteiger partial charge in [-0.15, -0.1) is 6.58 Å². The summed E-state index contributed by atoms with van der Waals surface area (Å²) >= 11 is 0. The minimum Gasteiger partial charge on any atom is -0.387 e. The highest BCUT2D eigenvalue weighted by Gasteiger charge is 2.41. The lowest BCUT2D eigenvalue weighted by Gasteiger charge is -2.25. The predicted octanol–water partition coefficient (Wildman–Crippen LogP) is 0.979. The van der Waals surface area contributed by atoms with Gasteiger partial charge < -0.3 is 29.2 Å². The molecule has 6 heteroatoms. The van der Waals surface area contributed by atoms with Crippen molar-refractivity contribution in [2.45, 2.75) is 57.3 Å². The lowest BCUT2D eigenvalue weighted by atomic mass is 10.0. The van der Waals surface area contributed by atoms with Crippen LogP contribution in [0.4, 0.5) is 0 Å². The Hall–Kier alpha value is -0.760. The molecule has 0 bridgehead atoms. The quantitative estimate of drug-likeness (QED) is 0.682. The SMILES string of the molecule is C=CCC1OCC(C(O)C(O)C2COC(C=CC(C)C)O2)O1. The normalized spacial score (nSPS) is 35.3. The van der Waals surface area contributed by atoms with E-state index >= 15 is 0 Å². The average molecular weight is 314 g/mol. The van der Waals surface area contributed by atoms with Crippen LogP contribution >= 0.6 is 0 Å². The highest BCUT2D eigenvalue weighted by molar-refractivity contribution is 4.93. The molecule has 0 saturated carbocycles. The van der Waals surface area contributed by atoms with Crippen molar-refractivity contribution in [3.63, 3.8) is 0 Å². The Balaban J connectivity index is 1.81. The Bertz CT molecular complexity index is 383. The zero-order valence-electron chi connectivity index (χ0n) is 13.1. The first kappa shape index (κ1) is 17.6. The predicted molar refractivity (Wildman–Crippen MR) is 80.0 cm³/mol. The van der Waals surface area contributed by atoms with E-state index in [4.69, 9.17) is 18.9 Å². The van der Waals surface area contributed by atoms with Crippen LogP contribution in [0, 0.1) is 5.92 Å². The van der Waals surface area contributed by atoms with Gasteiger partial charge in [0.25, 0.3) is 0 Å². The van der Waals surface area contributed by atoms with Crippen LogP contribution in [0.1, 0.15) is 20.3 Å². The minimum absolute atomic E-state index is 0.231. The molecule has 2 fully saturated rings. The van der Waals surface area contributed by atoms with Crippen LogP contribution < -0.4 is 0 Å². The summed E-state index contributed by atoms with van der Waals surface area (Å²) in [6, 6.07) is 0. The molecule has 0 aliphatic carbocycles. The molecule has 0 aromatic carbocycles. The van der Waals surface area contributed by atoms with E-state index in [-0.39, 0.29) is 13.2 Å². The Kier molecular flexibility index (Phi) is 6.55. The topological polar surface area (TPSA) is 77.4 Å². The van der Waals surface area contributed by atoms with E-state index in [9.17, 15) is 10.2 Å². The molecule has 6 unspecified atom stereocenters. The van der Waals surface area contributed by atoms with Crippen molar-refractivity contribution in [1.29, 1.82) is 0 Å². The molecule has 6 nitrogen and oxygen atoms in total. The number of aliphatic hydroxyl groups is 2. The summed E-state index contributed by atoms with van der Waals surface area (Å²) in [5.74, 6) is 0.396. The van der Waals surface area contributed by atoms with E-state index in [1.165, 1.54) is 0 Å². The fourth-order valence-electron chi connectivity index (χ4n) is 2.39. The van der Waals surface area contributed by atoms with Crippen molar-refractivity contribution in [3.05, 3.63) is 24.8 Å². The van der Waals surface area contributed by atoms with Gasteiger partial charge in [-0.1, -0.05) is 26.0 Å². The largest absolute Gasteiger partial charge is 0.387 e. The monoisotopic (exact) mass is 314 g/mol. The van der Waals surface area contributed by atoms with E-state index in [0.29, 0.717) is 12.3 Å². The summed E-state index contributed by atoms with van der Waals surface area (Å²) in [5.41, 5.74) is 0. The first-order valence-electron chi connectivity index (χ1n) is 7.70. The van der Waals surface area contributed by atoms with E-state index < -0.39 is 37.0 Å². The van der Waals surface area contributed by atoms with Gasteiger partial charge in [0, 0.05) is 6.42 Å². The van der Waals surface area contributed by atoms with Crippen LogP contribution in [0.25, 0.3) is 0 Å². The third-order valence-electron chi connectivity index (χ3n) is 3.63. The van der Waals surface area contributed by atoms with Crippen molar-refractivity contribution in [2.75, 3.05) is 13.2 Å². The van der Waals surface area contributed by atoms with Gasteiger partial charge in [0.15, 0.2) is 12.6 Å². The zero-order chi connectivity index (χ0) is 16.1. The van der Waals surface area contributed by atoms with Crippen LogP contribution in [0.15, 0.2) is 24.8 Å². The molecule has 126 valence electrons. The molecule has 2 rings (SSSR count). The Morgan fingerprint density at radius 1 is 1.09 bits per heavy atom. The zero-order valence-corrected chi connectivity index (χ0v) is 13.1. The summed E-state index contributed by atoms with van der Waals surface area (Å²) in [7, 11) is 0. The van der Waals surface area contributed by atoms with Crippen molar-refractivity contribution in [2.24, 2.45) is 5.92 Å². The molecule has 22 heavy (non-hydrogen) atoms. The summed E-state index contributed by atoms with van der Waals surface area (Å²) in [6.07, 6.45) is 1.80. The standard InChI is InChI=1S/C16H26O6/c1-4-5-13-19-8-11(21-13)15(17)16(18)12-9-20-14(22-12)7-6-10(2)3/h4,6-7,10-18H,1,5,8-9H2,2-3H3. The Morgan fingerprint density at radius 2 is 1.73 bits per heavy atom. The third kappa shape index (κ3) is 4.62. The molecule has 0 amide bonds. The summed E-state index contributed by atoms with van der Waals surface area (Å²) in [4.78, 5) is 0. The van der Waals surface area contributed by atoms with Gasteiger partial charge in [0.1, 0.15) is 24.4 Å². The third-order valence-corrected chi connectivity index (χ3v) is 3.63. The average Bonchev–Trinajstić information content (AvgIpc) is 3.13. The number of rotatable bonds is 7. The molecule has 0 spiro atoms. The van der Waals surface area contributed by atoms with Crippen molar-refractivity contribution in [3.8, 4) is 0 Å². The molecule has 0 aromatic heterocycles. The van der Waals surface area contributed by atoms with Gasteiger partial charge >= 0.3 is 0 Å². The number of hydrogen-bond acceptors (Lipinski definition) is 6. The maximum absolute atomic E-state index is 10.3. The van der Waals surface area contributed by atoms with Gasteiger partial charge in [-0.3, -0.25) is 0 Å². The smallest absolute Gasteiger partial charge is 0.177 e. The maximum atomic E-state index is 10.3. The second-order valence-corrected chi connectivity index (χ2v) is 5.95. The second-order valence-electron chi connectivity index (χ2n) is 5.95. The Labute approximate surface area is 131 Å². The van der Waals surface area contributed by atoms with Gasteiger partial charge in [-0.05, 0) is 12.0 Å². The molecule has 0 radical (unpaired) electrons. The number of aliphatic hydroxyl groups excluding tert-OH is 2. The van der Waals surface area contributed by atoms with E-state index in [2.05, 4.69) is 20.4 Å². The lowest BCUT2D eigenvalue weighted by Crippen LogP contribution is -2.46. The Morgan fingerprint density at radius 3 is 2.36 bits per heavy atom.